The van der Waals surface area contributed by atoms with E-state index in [1.165, 1.54) is 18.4 Å². The molecule has 1 amide bonds. The van der Waals surface area contributed by atoms with E-state index < -0.39 is 9.84 Å². The smallest absolute Gasteiger partial charge is 0.254 e. The van der Waals surface area contributed by atoms with Crippen molar-refractivity contribution in [2.24, 2.45) is 5.41 Å². The topological polar surface area (TPSA) is 54.5 Å². The normalized spacial score (nSPS) is 18.1. The molecule has 1 fully saturated rings. The van der Waals surface area contributed by atoms with Crippen molar-refractivity contribution in [1.29, 1.82) is 0 Å². The zero-order valence-corrected chi connectivity index (χ0v) is 13.9. The van der Waals surface area contributed by atoms with Crippen molar-refractivity contribution in [3.05, 3.63) is 29.8 Å². The minimum Gasteiger partial charge on any atom is -0.336 e. The van der Waals surface area contributed by atoms with Gasteiger partial charge in [0.25, 0.3) is 5.91 Å². The Hall–Kier alpha value is -1.36. The van der Waals surface area contributed by atoms with Gasteiger partial charge in [0, 0.05) is 24.4 Å². The SMILES string of the molecule is CCN(C(=O)c1ccc(S(C)(=O)=O)cc1)C1CC(C)(C)C1. The van der Waals surface area contributed by atoms with Crippen LogP contribution in [0.15, 0.2) is 29.2 Å². The number of carbonyl (C=O) groups is 1. The lowest BCUT2D eigenvalue weighted by Gasteiger charge is -2.48. The molecule has 0 N–H and O–H groups in total. The molecular formula is C16H23NO3S. The van der Waals surface area contributed by atoms with Crippen LogP contribution in [0.5, 0.6) is 0 Å². The maximum absolute atomic E-state index is 12.6. The predicted molar refractivity (Wildman–Crippen MR) is 83.1 cm³/mol. The van der Waals surface area contributed by atoms with Gasteiger partial charge in [-0.1, -0.05) is 13.8 Å². The maximum Gasteiger partial charge on any atom is 0.254 e. The first-order chi connectivity index (χ1) is 9.64. The van der Waals surface area contributed by atoms with Gasteiger partial charge in [0.15, 0.2) is 9.84 Å². The van der Waals surface area contributed by atoms with Gasteiger partial charge in [0.1, 0.15) is 0 Å². The van der Waals surface area contributed by atoms with Crippen LogP contribution < -0.4 is 0 Å². The van der Waals surface area contributed by atoms with Crippen molar-refractivity contribution in [3.8, 4) is 0 Å². The average Bonchev–Trinajstić information content (AvgIpc) is 2.36. The molecule has 0 radical (unpaired) electrons. The second kappa shape index (κ2) is 5.44. The van der Waals surface area contributed by atoms with E-state index in [4.69, 9.17) is 0 Å². The standard InChI is InChI=1S/C16H23NO3S/c1-5-17(13-10-16(2,3)11-13)15(18)12-6-8-14(9-7-12)21(4,19)20/h6-9,13H,5,10-11H2,1-4H3. The van der Waals surface area contributed by atoms with Gasteiger partial charge in [-0.05, 0) is 49.4 Å². The molecule has 0 heterocycles. The molecule has 0 saturated heterocycles. The lowest BCUT2D eigenvalue weighted by atomic mass is 9.68. The lowest BCUT2D eigenvalue weighted by molar-refractivity contribution is 0.0241. The number of hydrogen-bond donors (Lipinski definition) is 0. The molecule has 1 aliphatic rings. The van der Waals surface area contributed by atoms with Gasteiger partial charge in [-0.15, -0.1) is 0 Å². The van der Waals surface area contributed by atoms with Gasteiger partial charge in [-0.3, -0.25) is 4.79 Å². The number of benzene rings is 1. The molecule has 0 aliphatic heterocycles. The van der Waals surface area contributed by atoms with Gasteiger partial charge in [0.05, 0.1) is 4.90 Å². The molecule has 0 bridgehead atoms. The van der Waals surface area contributed by atoms with Gasteiger partial charge in [-0.2, -0.15) is 0 Å². The summed E-state index contributed by atoms with van der Waals surface area (Å²) in [7, 11) is -3.22. The third-order valence-corrected chi connectivity index (χ3v) is 5.28. The summed E-state index contributed by atoms with van der Waals surface area (Å²) in [6.07, 6.45) is 3.21. The summed E-state index contributed by atoms with van der Waals surface area (Å²) in [5, 5.41) is 0. The molecule has 0 spiro atoms. The van der Waals surface area contributed by atoms with E-state index in [0.29, 0.717) is 23.6 Å². The van der Waals surface area contributed by atoms with Crippen LogP contribution in [0.4, 0.5) is 0 Å². The second-order valence-electron chi connectivity index (χ2n) is 6.61. The Bertz CT molecular complexity index is 624. The Morgan fingerprint density at radius 2 is 1.76 bits per heavy atom. The third kappa shape index (κ3) is 3.46. The van der Waals surface area contributed by atoms with Gasteiger partial charge >= 0.3 is 0 Å². The minimum atomic E-state index is -3.22. The first-order valence-corrected chi connectivity index (χ1v) is 9.14. The number of hydrogen-bond acceptors (Lipinski definition) is 3. The molecule has 5 heteroatoms. The molecule has 0 aromatic heterocycles. The van der Waals surface area contributed by atoms with Gasteiger partial charge in [0.2, 0.25) is 0 Å². The van der Waals surface area contributed by atoms with E-state index >= 15 is 0 Å². The summed E-state index contributed by atoms with van der Waals surface area (Å²) >= 11 is 0. The highest BCUT2D eigenvalue weighted by Gasteiger charge is 2.40. The van der Waals surface area contributed by atoms with Crippen molar-refractivity contribution >= 4 is 15.7 Å². The second-order valence-corrected chi connectivity index (χ2v) is 8.63. The zero-order chi connectivity index (χ0) is 15.8. The molecule has 1 saturated carbocycles. The minimum absolute atomic E-state index is 0.0157. The zero-order valence-electron chi connectivity index (χ0n) is 13.1. The largest absolute Gasteiger partial charge is 0.336 e. The van der Waals surface area contributed by atoms with Crippen LogP contribution >= 0.6 is 0 Å². The van der Waals surface area contributed by atoms with Crippen molar-refractivity contribution in [1.82, 2.24) is 4.90 Å². The lowest BCUT2D eigenvalue weighted by Crippen LogP contribution is -2.50. The molecule has 2 rings (SSSR count). The fourth-order valence-corrected chi connectivity index (χ4v) is 3.64. The number of sulfone groups is 1. The molecule has 0 unspecified atom stereocenters. The van der Waals surface area contributed by atoms with Crippen LogP contribution in [0.25, 0.3) is 0 Å². The monoisotopic (exact) mass is 309 g/mol. The number of carbonyl (C=O) groups excluding carboxylic acids is 1. The predicted octanol–water partition coefficient (Wildman–Crippen LogP) is 2.74. The van der Waals surface area contributed by atoms with Gasteiger partial charge in [-0.25, -0.2) is 8.42 Å². The fraction of sp³-hybridized carbons (Fsp3) is 0.562. The van der Waals surface area contributed by atoms with Crippen LogP contribution in [0.3, 0.4) is 0 Å². The molecule has 116 valence electrons. The van der Waals surface area contributed by atoms with E-state index in [1.807, 2.05) is 11.8 Å². The van der Waals surface area contributed by atoms with Crippen molar-refractivity contribution in [2.75, 3.05) is 12.8 Å². The Kier molecular flexibility index (Phi) is 4.15. The summed E-state index contributed by atoms with van der Waals surface area (Å²) in [4.78, 5) is 14.7. The van der Waals surface area contributed by atoms with Crippen LogP contribution in [0, 0.1) is 5.41 Å². The van der Waals surface area contributed by atoms with Crippen molar-refractivity contribution in [3.63, 3.8) is 0 Å². The van der Waals surface area contributed by atoms with E-state index in [1.54, 1.807) is 12.1 Å². The Morgan fingerprint density at radius 1 is 1.24 bits per heavy atom. The highest BCUT2D eigenvalue weighted by atomic mass is 32.2. The molecule has 21 heavy (non-hydrogen) atoms. The van der Waals surface area contributed by atoms with Crippen LogP contribution in [0.2, 0.25) is 0 Å². The van der Waals surface area contributed by atoms with E-state index in [-0.39, 0.29) is 10.8 Å². The summed E-state index contributed by atoms with van der Waals surface area (Å²) in [6, 6.07) is 6.51. The van der Waals surface area contributed by atoms with Crippen LogP contribution in [-0.4, -0.2) is 38.1 Å². The van der Waals surface area contributed by atoms with Crippen LogP contribution in [-0.2, 0) is 9.84 Å². The number of amides is 1. The summed E-state index contributed by atoms with van der Waals surface area (Å²) in [5.41, 5.74) is 0.868. The van der Waals surface area contributed by atoms with Crippen LogP contribution in [0.1, 0.15) is 44.0 Å². The van der Waals surface area contributed by atoms with Gasteiger partial charge < -0.3 is 4.90 Å². The Morgan fingerprint density at radius 3 is 2.14 bits per heavy atom. The summed E-state index contributed by atoms with van der Waals surface area (Å²) < 4.78 is 22.9. The maximum atomic E-state index is 12.6. The molecule has 1 aromatic carbocycles. The molecule has 1 aromatic rings. The number of rotatable bonds is 4. The molecular weight excluding hydrogens is 286 g/mol. The molecule has 1 aliphatic carbocycles. The van der Waals surface area contributed by atoms with Crippen molar-refractivity contribution in [2.45, 2.75) is 44.6 Å². The first kappa shape index (κ1) is 16.0. The number of nitrogens with zero attached hydrogens (tertiary/aromatic N) is 1. The quantitative estimate of drug-likeness (QED) is 0.859. The summed E-state index contributed by atoms with van der Waals surface area (Å²) in [5.74, 6) is -0.0157. The third-order valence-electron chi connectivity index (χ3n) is 4.15. The Labute approximate surface area is 127 Å². The van der Waals surface area contributed by atoms with E-state index in [9.17, 15) is 13.2 Å². The Balaban J connectivity index is 2.15. The van der Waals surface area contributed by atoms with E-state index in [2.05, 4.69) is 13.8 Å². The fourth-order valence-electron chi connectivity index (χ4n) is 3.01. The first-order valence-electron chi connectivity index (χ1n) is 7.25. The highest BCUT2D eigenvalue weighted by Crippen LogP contribution is 2.43. The average molecular weight is 309 g/mol. The van der Waals surface area contributed by atoms with E-state index in [0.717, 1.165) is 12.8 Å². The molecule has 0 atom stereocenters. The highest BCUT2D eigenvalue weighted by molar-refractivity contribution is 7.90. The molecule has 4 nitrogen and oxygen atoms in total. The van der Waals surface area contributed by atoms with Crippen molar-refractivity contribution < 1.29 is 13.2 Å². The summed E-state index contributed by atoms with van der Waals surface area (Å²) in [6.45, 7) is 7.08.